The molecule has 2 rings (SSSR count). The molecule has 0 radical (unpaired) electrons. The molecule has 0 amide bonds. The number of nitrogens with two attached hydrogens (primary N) is 1. The maximum atomic E-state index is 12.8. The van der Waals surface area contributed by atoms with Gasteiger partial charge in [0, 0.05) is 11.3 Å². The van der Waals surface area contributed by atoms with Crippen molar-refractivity contribution in [2.75, 3.05) is 12.3 Å². The first kappa shape index (κ1) is 13.2. The zero-order chi connectivity index (χ0) is 13.7. The van der Waals surface area contributed by atoms with Crippen LogP contribution in [0.2, 0.25) is 0 Å². The lowest BCUT2D eigenvalue weighted by Crippen LogP contribution is -2.02. The number of rotatable bonds is 5. The number of hydrogen-bond donors (Lipinski definition) is 1. The Morgan fingerprint density at radius 1 is 1.05 bits per heavy atom. The Bertz CT molecular complexity index is 540. The Labute approximate surface area is 111 Å². The molecular weight excluding hydrogens is 245 g/mol. The van der Waals surface area contributed by atoms with E-state index in [1.807, 2.05) is 19.1 Å². The molecule has 4 heteroatoms. The van der Waals surface area contributed by atoms with E-state index in [1.54, 1.807) is 18.2 Å². The quantitative estimate of drug-likeness (QED) is 0.839. The van der Waals surface area contributed by atoms with E-state index in [-0.39, 0.29) is 5.82 Å². The average molecular weight is 261 g/mol. The van der Waals surface area contributed by atoms with Gasteiger partial charge in [-0.05, 0) is 49.4 Å². The van der Waals surface area contributed by atoms with Crippen molar-refractivity contribution in [3.05, 3.63) is 53.8 Å². The molecule has 3 nitrogen and oxygen atoms in total. The molecule has 0 aromatic heterocycles. The summed E-state index contributed by atoms with van der Waals surface area (Å²) in [5.74, 6) is 1.07. The van der Waals surface area contributed by atoms with Gasteiger partial charge in [0.1, 0.15) is 23.9 Å². The summed E-state index contributed by atoms with van der Waals surface area (Å²) in [4.78, 5) is 0. The molecule has 0 aliphatic carbocycles. The number of halogens is 1. The van der Waals surface area contributed by atoms with Crippen LogP contribution in [-0.4, -0.2) is 6.61 Å². The van der Waals surface area contributed by atoms with Crippen molar-refractivity contribution >= 4 is 5.69 Å². The molecule has 0 unspecified atom stereocenters. The molecule has 0 heterocycles. The molecule has 0 aliphatic rings. The highest BCUT2D eigenvalue weighted by atomic mass is 19.1. The monoisotopic (exact) mass is 261 g/mol. The Hall–Kier alpha value is -2.23. The Morgan fingerprint density at radius 2 is 1.79 bits per heavy atom. The summed E-state index contributed by atoms with van der Waals surface area (Å²) in [6.07, 6.45) is 0. The number of anilines is 1. The van der Waals surface area contributed by atoms with E-state index < -0.39 is 0 Å². The zero-order valence-electron chi connectivity index (χ0n) is 10.7. The summed E-state index contributed by atoms with van der Waals surface area (Å²) < 4.78 is 23.9. The van der Waals surface area contributed by atoms with Crippen LogP contribution < -0.4 is 15.2 Å². The fourth-order valence-electron chi connectivity index (χ4n) is 1.70. The summed E-state index contributed by atoms with van der Waals surface area (Å²) in [6.45, 7) is 2.82. The summed E-state index contributed by atoms with van der Waals surface area (Å²) in [5.41, 5.74) is 7.27. The first-order valence-electron chi connectivity index (χ1n) is 6.08. The molecule has 0 fully saturated rings. The third-order valence-corrected chi connectivity index (χ3v) is 2.59. The van der Waals surface area contributed by atoms with Crippen LogP contribution in [0.1, 0.15) is 12.5 Å². The van der Waals surface area contributed by atoms with Crippen LogP contribution >= 0.6 is 0 Å². The number of hydrogen-bond acceptors (Lipinski definition) is 3. The molecular formula is C15H16FNO2. The molecule has 19 heavy (non-hydrogen) atoms. The highest BCUT2D eigenvalue weighted by molar-refractivity contribution is 5.47. The molecule has 0 saturated heterocycles. The summed E-state index contributed by atoms with van der Waals surface area (Å²) in [5, 5.41) is 0. The van der Waals surface area contributed by atoms with Crippen molar-refractivity contribution in [3.8, 4) is 11.5 Å². The van der Waals surface area contributed by atoms with Crippen molar-refractivity contribution in [2.24, 2.45) is 0 Å². The van der Waals surface area contributed by atoms with Crippen molar-refractivity contribution in [3.63, 3.8) is 0 Å². The van der Waals surface area contributed by atoms with Crippen LogP contribution in [-0.2, 0) is 6.61 Å². The Kier molecular flexibility index (Phi) is 4.23. The summed E-state index contributed by atoms with van der Waals surface area (Å²) >= 11 is 0. The van der Waals surface area contributed by atoms with Gasteiger partial charge in [-0.25, -0.2) is 4.39 Å². The molecule has 0 aliphatic heterocycles. The summed E-state index contributed by atoms with van der Waals surface area (Å²) in [6, 6.07) is 11.3. The lowest BCUT2D eigenvalue weighted by Gasteiger charge is -2.12. The number of nitrogen functional groups attached to an aromatic ring is 1. The van der Waals surface area contributed by atoms with Gasteiger partial charge in [0.15, 0.2) is 0 Å². The van der Waals surface area contributed by atoms with Crippen molar-refractivity contribution in [1.82, 2.24) is 0 Å². The van der Waals surface area contributed by atoms with E-state index in [0.717, 1.165) is 11.3 Å². The topological polar surface area (TPSA) is 44.5 Å². The van der Waals surface area contributed by atoms with Gasteiger partial charge in [-0.2, -0.15) is 0 Å². The normalized spacial score (nSPS) is 10.2. The standard InChI is InChI=1S/C15H16FNO2/c1-2-18-15-8-5-13(17)9-11(15)10-19-14-6-3-12(16)4-7-14/h3-9H,2,10,17H2,1H3. The first-order chi connectivity index (χ1) is 9.19. The zero-order valence-corrected chi connectivity index (χ0v) is 10.7. The third-order valence-electron chi connectivity index (χ3n) is 2.59. The van der Waals surface area contributed by atoms with E-state index in [0.29, 0.717) is 24.7 Å². The smallest absolute Gasteiger partial charge is 0.126 e. The Morgan fingerprint density at radius 3 is 2.47 bits per heavy atom. The molecule has 0 spiro atoms. The lowest BCUT2D eigenvalue weighted by atomic mass is 10.2. The molecule has 100 valence electrons. The maximum Gasteiger partial charge on any atom is 0.126 e. The second kappa shape index (κ2) is 6.09. The predicted octanol–water partition coefficient (Wildman–Crippen LogP) is 3.39. The molecule has 2 aromatic rings. The van der Waals surface area contributed by atoms with Crippen LogP contribution in [0, 0.1) is 5.82 Å². The highest BCUT2D eigenvalue weighted by Crippen LogP contribution is 2.23. The second-order valence-electron chi connectivity index (χ2n) is 4.04. The molecule has 0 bridgehead atoms. The lowest BCUT2D eigenvalue weighted by molar-refractivity contribution is 0.286. The van der Waals surface area contributed by atoms with E-state index >= 15 is 0 Å². The highest BCUT2D eigenvalue weighted by Gasteiger charge is 2.05. The van der Waals surface area contributed by atoms with E-state index in [1.165, 1.54) is 12.1 Å². The maximum absolute atomic E-state index is 12.8. The minimum absolute atomic E-state index is 0.286. The van der Waals surface area contributed by atoms with Gasteiger partial charge in [-0.3, -0.25) is 0 Å². The minimum Gasteiger partial charge on any atom is -0.493 e. The molecule has 0 saturated carbocycles. The first-order valence-corrected chi connectivity index (χ1v) is 6.08. The van der Waals surface area contributed by atoms with Gasteiger partial charge in [-0.1, -0.05) is 0 Å². The van der Waals surface area contributed by atoms with Gasteiger partial charge >= 0.3 is 0 Å². The molecule has 2 aromatic carbocycles. The predicted molar refractivity (Wildman–Crippen MR) is 72.8 cm³/mol. The minimum atomic E-state index is -0.286. The van der Waals surface area contributed by atoms with Crippen LogP contribution in [0.25, 0.3) is 0 Å². The second-order valence-corrected chi connectivity index (χ2v) is 4.04. The van der Waals surface area contributed by atoms with Crippen LogP contribution in [0.3, 0.4) is 0 Å². The SMILES string of the molecule is CCOc1ccc(N)cc1COc1ccc(F)cc1. The largest absolute Gasteiger partial charge is 0.493 e. The van der Waals surface area contributed by atoms with Crippen LogP contribution in [0.15, 0.2) is 42.5 Å². The number of benzene rings is 2. The Balaban J connectivity index is 2.09. The van der Waals surface area contributed by atoms with Crippen molar-refractivity contribution in [2.45, 2.75) is 13.5 Å². The van der Waals surface area contributed by atoms with Crippen LogP contribution in [0.4, 0.5) is 10.1 Å². The van der Waals surface area contributed by atoms with Crippen LogP contribution in [0.5, 0.6) is 11.5 Å². The fraction of sp³-hybridized carbons (Fsp3) is 0.200. The van der Waals surface area contributed by atoms with Gasteiger partial charge in [-0.15, -0.1) is 0 Å². The number of ether oxygens (including phenoxy) is 2. The van der Waals surface area contributed by atoms with Gasteiger partial charge in [0.2, 0.25) is 0 Å². The molecule has 2 N–H and O–H groups in total. The molecule has 0 atom stereocenters. The fourth-order valence-corrected chi connectivity index (χ4v) is 1.70. The van der Waals surface area contributed by atoms with Gasteiger partial charge in [0.25, 0.3) is 0 Å². The van der Waals surface area contributed by atoms with E-state index in [9.17, 15) is 4.39 Å². The van der Waals surface area contributed by atoms with Crippen molar-refractivity contribution < 1.29 is 13.9 Å². The van der Waals surface area contributed by atoms with Crippen molar-refractivity contribution in [1.29, 1.82) is 0 Å². The van der Waals surface area contributed by atoms with Gasteiger partial charge in [0.05, 0.1) is 6.61 Å². The van der Waals surface area contributed by atoms with E-state index in [4.69, 9.17) is 15.2 Å². The average Bonchev–Trinajstić information content (AvgIpc) is 2.41. The van der Waals surface area contributed by atoms with E-state index in [2.05, 4.69) is 0 Å². The van der Waals surface area contributed by atoms with Gasteiger partial charge < -0.3 is 15.2 Å². The third kappa shape index (κ3) is 3.61. The summed E-state index contributed by atoms with van der Waals surface area (Å²) in [7, 11) is 0.